The SMILES string of the molecule is CN1C=CC(c2cc3cc4nc(cc5ccc(cc6nc(cc2[nH]3)C=C6)[nH]5)C=C4)=CC1.I. The summed E-state index contributed by atoms with van der Waals surface area (Å²) < 4.78 is 0. The van der Waals surface area contributed by atoms with E-state index in [4.69, 9.17) is 9.97 Å². The van der Waals surface area contributed by atoms with Gasteiger partial charge < -0.3 is 14.9 Å². The van der Waals surface area contributed by atoms with E-state index >= 15 is 0 Å². The number of hydrogen-bond donors (Lipinski definition) is 2. The Morgan fingerprint density at radius 1 is 0.719 bits per heavy atom. The molecular formula is C26H22IN5. The second-order valence-corrected chi connectivity index (χ2v) is 8.00. The number of fused-ring (bicyclic) bond motifs is 8. The molecule has 0 aromatic carbocycles. The largest absolute Gasteiger partial charge is 0.377 e. The zero-order chi connectivity index (χ0) is 20.8. The van der Waals surface area contributed by atoms with Crippen molar-refractivity contribution in [3.63, 3.8) is 0 Å². The van der Waals surface area contributed by atoms with Crippen molar-refractivity contribution < 1.29 is 0 Å². The Morgan fingerprint density at radius 2 is 1.31 bits per heavy atom. The minimum Gasteiger partial charge on any atom is -0.377 e. The van der Waals surface area contributed by atoms with E-state index in [0.29, 0.717) is 0 Å². The molecule has 8 bridgehead atoms. The van der Waals surface area contributed by atoms with Gasteiger partial charge in [0, 0.05) is 41.2 Å². The summed E-state index contributed by atoms with van der Waals surface area (Å²) >= 11 is 0. The predicted molar refractivity (Wildman–Crippen MR) is 144 cm³/mol. The van der Waals surface area contributed by atoms with Crippen molar-refractivity contribution in [1.82, 2.24) is 24.8 Å². The number of aromatic amines is 2. The van der Waals surface area contributed by atoms with E-state index in [0.717, 1.165) is 51.4 Å². The monoisotopic (exact) mass is 531 g/mol. The highest BCUT2D eigenvalue weighted by Gasteiger charge is 2.10. The van der Waals surface area contributed by atoms with Gasteiger partial charge in [0.1, 0.15) is 0 Å². The maximum Gasteiger partial charge on any atom is 0.0658 e. The van der Waals surface area contributed by atoms with E-state index in [-0.39, 0.29) is 24.0 Å². The van der Waals surface area contributed by atoms with Crippen LogP contribution >= 0.6 is 24.0 Å². The molecule has 6 heterocycles. The van der Waals surface area contributed by atoms with Gasteiger partial charge in [0.05, 0.1) is 22.8 Å². The lowest BCUT2D eigenvalue weighted by Crippen LogP contribution is -2.13. The van der Waals surface area contributed by atoms with E-state index in [1.165, 1.54) is 11.1 Å². The lowest BCUT2D eigenvalue weighted by Gasteiger charge is -2.16. The first kappa shape index (κ1) is 20.5. The number of halogens is 1. The number of H-pyrrole nitrogens is 2. The van der Waals surface area contributed by atoms with E-state index in [9.17, 15) is 0 Å². The molecular weight excluding hydrogens is 509 g/mol. The fraction of sp³-hybridized carbons (Fsp3) is 0.0769. The fourth-order valence-electron chi connectivity index (χ4n) is 4.04. The standard InChI is InChI=1S/C26H21N5.HI/c1-31-10-8-17(9-11-31)25-15-24-14-22-5-4-20(28-22)12-18-2-3-19(27-18)13-21-6-7-23(29-21)16-26(25)30-24;/h2-10,12-16,27,30H,11H2,1H3;1H. The molecule has 5 nitrogen and oxygen atoms in total. The highest BCUT2D eigenvalue weighted by atomic mass is 127. The Kier molecular flexibility index (Phi) is 5.30. The minimum atomic E-state index is 0. The highest BCUT2D eigenvalue weighted by Crippen LogP contribution is 2.27. The third kappa shape index (κ3) is 4.05. The minimum absolute atomic E-state index is 0. The van der Waals surface area contributed by atoms with E-state index in [1.54, 1.807) is 0 Å². The average Bonchev–Trinajstić information content (AvgIpc) is 3.54. The molecule has 0 atom stereocenters. The molecule has 3 aliphatic rings. The number of likely N-dealkylation sites (N-methyl/N-ethyl adjacent to an activating group) is 1. The van der Waals surface area contributed by atoms with Crippen LogP contribution in [0.25, 0.3) is 51.9 Å². The fourth-order valence-corrected chi connectivity index (χ4v) is 4.04. The summed E-state index contributed by atoms with van der Waals surface area (Å²) in [6, 6.07) is 14.6. The first-order chi connectivity index (χ1) is 15.2. The Balaban J connectivity index is 0.00000216. The third-order valence-corrected chi connectivity index (χ3v) is 5.59. The normalized spacial score (nSPS) is 14.4. The van der Waals surface area contributed by atoms with Crippen molar-refractivity contribution in [3.05, 3.63) is 89.2 Å². The van der Waals surface area contributed by atoms with Crippen molar-refractivity contribution >= 4 is 75.9 Å². The molecule has 0 spiro atoms. The van der Waals surface area contributed by atoms with Gasteiger partial charge in [-0.05, 0) is 84.6 Å². The van der Waals surface area contributed by atoms with Gasteiger partial charge in [-0.25, -0.2) is 9.97 Å². The Bertz CT molecular complexity index is 1480. The first-order valence-electron chi connectivity index (χ1n) is 10.4. The zero-order valence-electron chi connectivity index (χ0n) is 17.5. The van der Waals surface area contributed by atoms with Crippen LogP contribution in [0.4, 0.5) is 0 Å². The van der Waals surface area contributed by atoms with Crippen LogP contribution in [0.5, 0.6) is 0 Å². The third-order valence-electron chi connectivity index (χ3n) is 5.59. The van der Waals surface area contributed by atoms with Crippen molar-refractivity contribution in [2.75, 3.05) is 13.6 Å². The molecule has 6 rings (SSSR count). The first-order valence-corrected chi connectivity index (χ1v) is 10.4. The van der Waals surface area contributed by atoms with Gasteiger partial charge in [0.25, 0.3) is 0 Å². The van der Waals surface area contributed by atoms with Gasteiger partial charge in [0.15, 0.2) is 0 Å². The Morgan fingerprint density at radius 3 is 1.91 bits per heavy atom. The number of nitrogens with one attached hydrogen (secondary N) is 2. The molecule has 0 unspecified atom stereocenters. The van der Waals surface area contributed by atoms with Gasteiger partial charge in [-0.1, -0.05) is 6.08 Å². The summed E-state index contributed by atoms with van der Waals surface area (Å²) in [7, 11) is 2.08. The molecule has 3 aromatic heterocycles. The number of hydrogen-bond acceptors (Lipinski definition) is 3. The Labute approximate surface area is 203 Å². The van der Waals surface area contributed by atoms with E-state index in [1.807, 2.05) is 18.2 Å². The topological polar surface area (TPSA) is 60.6 Å². The molecule has 3 aromatic rings. The summed E-state index contributed by atoms with van der Waals surface area (Å²) in [5.41, 5.74) is 10.2. The van der Waals surface area contributed by atoms with Crippen LogP contribution in [0.3, 0.4) is 0 Å². The Hall–Kier alpha value is -3.39. The summed E-state index contributed by atoms with van der Waals surface area (Å²) in [6.45, 7) is 0.894. The number of aromatic nitrogens is 4. The molecule has 0 saturated carbocycles. The number of rotatable bonds is 1. The summed E-state index contributed by atoms with van der Waals surface area (Å²) in [6.07, 6.45) is 14.7. The molecule has 0 radical (unpaired) electrons. The van der Waals surface area contributed by atoms with Crippen molar-refractivity contribution in [3.8, 4) is 0 Å². The molecule has 2 N–H and O–H groups in total. The maximum absolute atomic E-state index is 4.79. The van der Waals surface area contributed by atoms with Crippen LogP contribution in [0.1, 0.15) is 28.3 Å². The molecule has 0 aliphatic carbocycles. The van der Waals surface area contributed by atoms with Crippen LogP contribution in [0.2, 0.25) is 0 Å². The highest BCUT2D eigenvalue weighted by molar-refractivity contribution is 14.0. The van der Waals surface area contributed by atoms with Crippen LogP contribution in [-0.4, -0.2) is 38.4 Å². The van der Waals surface area contributed by atoms with Crippen LogP contribution in [0.15, 0.2) is 60.8 Å². The van der Waals surface area contributed by atoms with Crippen LogP contribution in [0, 0.1) is 0 Å². The molecule has 6 heteroatoms. The molecule has 3 aliphatic heterocycles. The second kappa shape index (κ2) is 8.27. The lowest BCUT2D eigenvalue weighted by molar-refractivity contribution is 0.506. The average molecular weight is 531 g/mol. The molecule has 158 valence electrons. The zero-order valence-corrected chi connectivity index (χ0v) is 19.9. The van der Waals surface area contributed by atoms with Gasteiger partial charge in [-0.2, -0.15) is 0 Å². The van der Waals surface area contributed by atoms with Gasteiger partial charge >= 0.3 is 0 Å². The van der Waals surface area contributed by atoms with Gasteiger partial charge in [0.2, 0.25) is 0 Å². The second-order valence-electron chi connectivity index (χ2n) is 8.00. The van der Waals surface area contributed by atoms with E-state index in [2.05, 4.69) is 88.8 Å². The summed E-state index contributed by atoms with van der Waals surface area (Å²) in [5, 5.41) is 0. The maximum atomic E-state index is 4.79. The van der Waals surface area contributed by atoms with Crippen LogP contribution in [-0.2, 0) is 0 Å². The number of allylic oxidation sites excluding steroid dienone is 2. The lowest BCUT2D eigenvalue weighted by atomic mass is 10.0. The van der Waals surface area contributed by atoms with Gasteiger partial charge in [-0.3, -0.25) is 0 Å². The molecule has 0 saturated heterocycles. The summed E-state index contributed by atoms with van der Waals surface area (Å²) in [4.78, 5) is 18.7. The quantitative estimate of drug-likeness (QED) is 0.257. The smallest absolute Gasteiger partial charge is 0.0658 e. The van der Waals surface area contributed by atoms with Crippen molar-refractivity contribution in [2.24, 2.45) is 0 Å². The van der Waals surface area contributed by atoms with Crippen molar-refractivity contribution in [1.29, 1.82) is 0 Å². The van der Waals surface area contributed by atoms with Gasteiger partial charge in [-0.15, -0.1) is 24.0 Å². The molecule has 0 fully saturated rings. The van der Waals surface area contributed by atoms with Crippen LogP contribution < -0.4 is 0 Å². The predicted octanol–water partition coefficient (Wildman–Crippen LogP) is 6.12. The molecule has 0 amide bonds. The molecule has 32 heavy (non-hydrogen) atoms. The van der Waals surface area contributed by atoms with Crippen molar-refractivity contribution in [2.45, 2.75) is 0 Å². The summed E-state index contributed by atoms with van der Waals surface area (Å²) in [5.74, 6) is 0. The number of nitrogens with zero attached hydrogens (tertiary/aromatic N) is 3. The van der Waals surface area contributed by atoms with E-state index < -0.39 is 0 Å².